The van der Waals surface area contributed by atoms with E-state index in [0.717, 1.165) is 70.3 Å². The molecule has 0 saturated carbocycles. The molecule has 0 aliphatic carbocycles. The van der Waals surface area contributed by atoms with Crippen molar-refractivity contribution in [2.75, 3.05) is 33.2 Å². The van der Waals surface area contributed by atoms with E-state index in [4.69, 9.17) is 11.6 Å². The van der Waals surface area contributed by atoms with E-state index in [1.54, 1.807) is 11.3 Å². The number of likely N-dealkylation sites (tertiary alicyclic amines) is 1. The third kappa shape index (κ3) is 8.56. The van der Waals surface area contributed by atoms with Gasteiger partial charge in [-0.3, -0.25) is 0 Å². The SMILES string of the molecule is CN(CC(C)(CCN1CCC(O)(CCCc2ccc(/C(N)=N/N)cc2)CC1)c1ccsc1)Sc1ccccc1. The van der Waals surface area contributed by atoms with E-state index in [1.807, 2.05) is 24.1 Å². The molecule has 0 amide bonds. The Hall–Kier alpha value is -2.36. The second-order valence-corrected chi connectivity index (χ2v) is 13.2. The van der Waals surface area contributed by atoms with Gasteiger partial charge in [0.25, 0.3) is 0 Å². The summed E-state index contributed by atoms with van der Waals surface area (Å²) < 4.78 is 2.37. The molecule has 1 unspecified atom stereocenters. The van der Waals surface area contributed by atoms with Crippen molar-refractivity contribution in [2.45, 2.75) is 61.4 Å². The van der Waals surface area contributed by atoms with E-state index in [2.05, 4.69) is 87.6 Å². The Morgan fingerprint density at radius 3 is 2.49 bits per heavy atom. The van der Waals surface area contributed by atoms with Gasteiger partial charge in [0.1, 0.15) is 5.84 Å². The maximum atomic E-state index is 11.3. The minimum Gasteiger partial charge on any atom is -0.390 e. The summed E-state index contributed by atoms with van der Waals surface area (Å²) in [5, 5.41) is 19.3. The number of aliphatic hydroxyl groups is 1. The predicted octanol–water partition coefficient (Wildman–Crippen LogP) is 5.46. The predicted molar refractivity (Wildman–Crippen MR) is 166 cm³/mol. The molecule has 0 bridgehead atoms. The topological polar surface area (TPSA) is 91.1 Å². The Kier molecular flexibility index (Phi) is 10.5. The summed E-state index contributed by atoms with van der Waals surface area (Å²) in [6.07, 6.45) is 5.53. The number of hydrogen-bond acceptors (Lipinski definition) is 7. The molecule has 1 saturated heterocycles. The summed E-state index contributed by atoms with van der Waals surface area (Å²) in [6, 6.07) is 20.9. The van der Waals surface area contributed by atoms with Crippen LogP contribution < -0.4 is 11.6 Å². The Bertz CT molecular complexity index is 1160. The summed E-state index contributed by atoms with van der Waals surface area (Å²) in [7, 11) is 2.20. The molecular formula is C31H43N5OS2. The summed E-state index contributed by atoms with van der Waals surface area (Å²) in [6.45, 7) is 6.34. The van der Waals surface area contributed by atoms with Crippen molar-refractivity contribution < 1.29 is 5.11 Å². The molecule has 2 aromatic carbocycles. The van der Waals surface area contributed by atoms with Crippen LogP contribution in [-0.4, -0.2) is 59.0 Å². The average Bonchev–Trinajstić information content (AvgIpc) is 3.49. The van der Waals surface area contributed by atoms with Crippen LogP contribution in [0.4, 0.5) is 0 Å². The second-order valence-electron chi connectivity index (χ2n) is 11.1. The molecule has 5 N–H and O–H groups in total. The number of likely N-dealkylation sites (N-methyl/N-ethyl adjacent to an activating group) is 1. The van der Waals surface area contributed by atoms with Crippen LogP contribution in [0.5, 0.6) is 0 Å². The Labute approximate surface area is 242 Å². The molecule has 8 heteroatoms. The summed E-state index contributed by atoms with van der Waals surface area (Å²) in [5.74, 6) is 5.61. The van der Waals surface area contributed by atoms with Crippen LogP contribution in [0.25, 0.3) is 0 Å². The highest BCUT2D eigenvalue weighted by Crippen LogP contribution is 2.35. The normalized spacial score (nSPS) is 17.8. The standard InChI is InChI=1S/C31H43N5OS2/c1-30(27-14-22-38-23-27,24-35(2)39-28-8-4-3-5-9-28)16-19-36-20-17-31(37,18-21-36)15-6-7-25-10-12-26(13-11-25)29(32)34-33/h3-5,8-14,22-23,37H,6-7,15-21,24,33H2,1-2H3,(H2,32,34). The first-order chi connectivity index (χ1) is 18.8. The lowest BCUT2D eigenvalue weighted by Crippen LogP contribution is -2.46. The Morgan fingerprint density at radius 1 is 1.13 bits per heavy atom. The highest BCUT2D eigenvalue weighted by Gasteiger charge is 2.34. The van der Waals surface area contributed by atoms with Crippen LogP contribution in [0, 0.1) is 0 Å². The molecule has 3 aromatic rings. The van der Waals surface area contributed by atoms with Crippen molar-refractivity contribution in [2.24, 2.45) is 16.7 Å². The van der Waals surface area contributed by atoms with Gasteiger partial charge in [-0.1, -0.05) is 49.4 Å². The van der Waals surface area contributed by atoms with Gasteiger partial charge in [-0.05, 0) is 104 Å². The zero-order chi connectivity index (χ0) is 27.7. The lowest BCUT2D eigenvalue weighted by Gasteiger charge is -2.40. The lowest BCUT2D eigenvalue weighted by molar-refractivity contribution is -0.0298. The molecule has 0 spiro atoms. The molecule has 1 fully saturated rings. The number of nitrogens with two attached hydrogens (primary N) is 2. The van der Waals surface area contributed by atoms with Gasteiger partial charge in [0, 0.05) is 35.5 Å². The third-order valence-corrected chi connectivity index (χ3v) is 9.66. The molecule has 0 radical (unpaired) electrons. The van der Waals surface area contributed by atoms with Gasteiger partial charge in [0.2, 0.25) is 0 Å². The van der Waals surface area contributed by atoms with Gasteiger partial charge in [0.05, 0.1) is 5.60 Å². The van der Waals surface area contributed by atoms with Crippen LogP contribution in [0.1, 0.15) is 55.7 Å². The minimum absolute atomic E-state index is 0.0699. The number of rotatable bonds is 13. The maximum Gasteiger partial charge on any atom is 0.150 e. The quantitative estimate of drug-likeness (QED) is 0.0838. The fourth-order valence-electron chi connectivity index (χ4n) is 5.49. The number of benzene rings is 2. The van der Waals surface area contributed by atoms with Gasteiger partial charge in [0.15, 0.2) is 0 Å². The van der Waals surface area contributed by atoms with Crippen molar-refractivity contribution in [1.82, 2.24) is 9.21 Å². The highest BCUT2D eigenvalue weighted by molar-refractivity contribution is 7.97. The fourth-order valence-corrected chi connectivity index (χ4v) is 7.30. The minimum atomic E-state index is -0.559. The number of amidine groups is 1. The molecule has 1 aromatic heterocycles. The molecule has 1 atom stereocenters. The smallest absolute Gasteiger partial charge is 0.150 e. The molecule has 2 heterocycles. The van der Waals surface area contributed by atoms with Crippen molar-refractivity contribution >= 4 is 29.1 Å². The van der Waals surface area contributed by atoms with Crippen LogP contribution in [0.2, 0.25) is 0 Å². The van der Waals surface area contributed by atoms with Crippen LogP contribution in [0.15, 0.2) is 81.4 Å². The number of hydrazone groups is 1. The van der Waals surface area contributed by atoms with Crippen LogP contribution >= 0.6 is 23.3 Å². The molecule has 210 valence electrons. The Morgan fingerprint density at radius 2 is 1.85 bits per heavy atom. The van der Waals surface area contributed by atoms with Crippen molar-refractivity contribution in [3.05, 3.63) is 88.1 Å². The van der Waals surface area contributed by atoms with Crippen LogP contribution in [0.3, 0.4) is 0 Å². The number of thiophene rings is 1. The lowest BCUT2D eigenvalue weighted by atomic mass is 9.80. The number of piperidine rings is 1. The molecule has 1 aliphatic rings. The van der Waals surface area contributed by atoms with E-state index in [1.165, 1.54) is 16.0 Å². The number of aryl methyl sites for hydroxylation is 1. The number of nitrogens with zero attached hydrogens (tertiary/aromatic N) is 3. The van der Waals surface area contributed by atoms with Crippen molar-refractivity contribution in [3.8, 4) is 0 Å². The van der Waals surface area contributed by atoms with E-state index in [0.29, 0.717) is 5.84 Å². The van der Waals surface area contributed by atoms with E-state index >= 15 is 0 Å². The molecular weight excluding hydrogens is 523 g/mol. The molecule has 6 nitrogen and oxygen atoms in total. The van der Waals surface area contributed by atoms with Crippen molar-refractivity contribution in [1.29, 1.82) is 0 Å². The van der Waals surface area contributed by atoms with Gasteiger partial charge >= 0.3 is 0 Å². The average molecular weight is 566 g/mol. The molecule has 39 heavy (non-hydrogen) atoms. The van der Waals surface area contributed by atoms with E-state index in [9.17, 15) is 5.11 Å². The Balaban J connectivity index is 1.24. The maximum absolute atomic E-state index is 11.3. The summed E-state index contributed by atoms with van der Waals surface area (Å²) in [5.41, 5.74) is 8.79. The monoisotopic (exact) mass is 565 g/mol. The summed E-state index contributed by atoms with van der Waals surface area (Å²) >= 11 is 3.59. The first-order valence-corrected chi connectivity index (χ1v) is 15.5. The first kappa shape index (κ1) is 29.6. The molecule has 1 aliphatic heterocycles. The van der Waals surface area contributed by atoms with Crippen molar-refractivity contribution in [3.63, 3.8) is 0 Å². The van der Waals surface area contributed by atoms with Gasteiger partial charge in [-0.25, -0.2) is 4.31 Å². The third-order valence-electron chi connectivity index (χ3n) is 8.06. The van der Waals surface area contributed by atoms with E-state index in [-0.39, 0.29) is 5.41 Å². The van der Waals surface area contributed by atoms with Gasteiger partial charge in [-0.15, -0.1) is 0 Å². The fraction of sp³-hybridized carbons (Fsp3) is 0.452. The molecule has 4 rings (SSSR count). The first-order valence-electron chi connectivity index (χ1n) is 13.8. The zero-order valence-corrected chi connectivity index (χ0v) is 24.9. The second kappa shape index (κ2) is 13.8. The largest absolute Gasteiger partial charge is 0.390 e. The van der Waals surface area contributed by atoms with E-state index < -0.39 is 5.60 Å². The highest BCUT2D eigenvalue weighted by atomic mass is 32.2. The van der Waals surface area contributed by atoms with Crippen LogP contribution in [-0.2, 0) is 11.8 Å². The van der Waals surface area contributed by atoms with Gasteiger partial charge < -0.3 is 21.6 Å². The van der Waals surface area contributed by atoms with Gasteiger partial charge in [-0.2, -0.15) is 16.4 Å². The number of hydrogen-bond donors (Lipinski definition) is 3. The summed E-state index contributed by atoms with van der Waals surface area (Å²) in [4.78, 5) is 3.82. The zero-order valence-electron chi connectivity index (χ0n) is 23.3.